The van der Waals surface area contributed by atoms with Crippen LogP contribution in [0.4, 0.5) is 5.69 Å². The van der Waals surface area contributed by atoms with Gasteiger partial charge < -0.3 is 4.74 Å². The molecule has 0 aliphatic rings. The van der Waals surface area contributed by atoms with Crippen molar-refractivity contribution in [2.75, 3.05) is 25.5 Å². The zero-order valence-electron chi connectivity index (χ0n) is 12.9. The van der Waals surface area contributed by atoms with Gasteiger partial charge in [-0.25, -0.2) is 0 Å². The maximum absolute atomic E-state index is 12.6. The number of hydrogen-bond acceptors (Lipinski definition) is 3. The molecule has 0 saturated heterocycles. The number of nitrogens with zero attached hydrogens (tertiary/aromatic N) is 2. The van der Waals surface area contributed by atoms with E-state index in [0.717, 1.165) is 5.56 Å². The lowest BCUT2D eigenvalue weighted by Crippen LogP contribution is -2.39. The third kappa shape index (κ3) is 3.58. The number of hydrogen-bond donors (Lipinski definition) is 0. The van der Waals surface area contributed by atoms with Gasteiger partial charge in [0.15, 0.2) is 0 Å². The lowest BCUT2D eigenvalue weighted by molar-refractivity contribution is 0.412. The van der Waals surface area contributed by atoms with Crippen molar-refractivity contribution in [2.45, 2.75) is 6.54 Å². The summed E-state index contributed by atoms with van der Waals surface area (Å²) < 4.78 is 33.0. The summed E-state index contributed by atoms with van der Waals surface area (Å²) in [7, 11) is 1.11. The molecule has 0 aliphatic carbocycles. The predicted octanol–water partition coefficient (Wildman–Crippen LogP) is 2.51. The summed E-state index contributed by atoms with van der Waals surface area (Å²) in [4.78, 5) is 0. The van der Waals surface area contributed by atoms with Gasteiger partial charge in [-0.2, -0.15) is 12.7 Å². The Balaban J connectivity index is 2.18. The first-order chi connectivity index (χ1) is 10.4. The fourth-order valence-corrected chi connectivity index (χ4v) is 3.21. The standard InChI is InChI=1S/C16H20N2O3S/c1-17(13-14-8-7-11-16(12-14)21-3)22(19,20)18(2)15-9-5-4-6-10-15/h4-12H,13H2,1-3H3. The first-order valence-corrected chi connectivity index (χ1v) is 8.23. The molecule has 22 heavy (non-hydrogen) atoms. The molecule has 2 rings (SSSR count). The van der Waals surface area contributed by atoms with Crippen LogP contribution in [0.1, 0.15) is 5.56 Å². The Kier molecular flexibility index (Phi) is 5.05. The van der Waals surface area contributed by atoms with Crippen LogP contribution in [0, 0.1) is 0 Å². The molecule has 0 saturated carbocycles. The molecular weight excluding hydrogens is 300 g/mol. The summed E-state index contributed by atoms with van der Waals surface area (Å²) in [6, 6.07) is 16.4. The Hall–Kier alpha value is -2.05. The lowest BCUT2D eigenvalue weighted by atomic mass is 10.2. The molecule has 0 heterocycles. The molecule has 5 nitrogen and oxygen atoms in total. The molecular formula is C16H20N2O3S. The van der Waals surface area contributed by atoms with Crippen molar-refractivity contribution in [2.24, 2.45) is 0 Å². The zero-order valence-corrected chi connectivity index (χ0v) is 13.7. The minimum absolute atomic E-state index is 0.275. The van der Waals surface area contributed by atoms with Crippen LogP contribution in [0.2, 0.25) is 0 Å². The van der Waals surface area contributed by atoms with Gasteiger partial charge >= 0.3 is 10.2 Å². The molecule has 2 aromatic carbocycles. The molecule has 6 heteroatoms. The van der Waals surface area contributed by atoms with Crippen LogP contribution in [0.3, 0.4) is 0 Å². The molecule has 0 amide bonds. The van der Waals surface area contributed by atoms with Gasteiger partial charge in [0.2, 0.25) is 0 Å². The summed E-state index contributed by atoms with van der Waals surface area (Å²) in [5.41, 5.74) is 1.49. The summed E-state index contributed by atoms with van der Waals surface area (Å²) >= 11 is 0. The second kappa shape index (κ2) is 6.81. The number of benzene rings is 2. The summed E-state index contributed by atoms with van der Waals surface area (Å²) in [6.45, 7) is 0.275. The second-order valence-corrected chi connectivity index (χ2v) is 6.99. The maximum Gasteiger partial charge on any atom is 0.303 e. The van der Waals surface area contributed by atoms with Gasteiger partial charge in [0.25, 0.3) is 0 Å². The molecule has 0 spiro atoms. The van der Waals surface area contributed by atoms with E-state index in [4.69, 9.17) is 4.74 Å². The highest BCUT2D eigenvalue weighted by molar-refractivity contribution is 7.90. The van der Waals surface area contributed by atoms with Crippen LogP contribution >= 0.6 is 0 Å². The zero-order chi connectivity index (χ0) is 16.2. The van der Waals surface area contributed by atoms with Crippen LogP contribution < -0.4 is 9.04 Å². The van der Waals surface area contributed by atoms with Crippen molar-refractivity contribution in [3.63, 3.8) is 0 Å². The number of para-hydroxylation sites is 1. The minimum Gasteiger partial charge on any atom is -0.497 e. The molecule has 0 unspecified atom stereocenters. The Morgan fingerprint density at radius 3 is 2.32 bits per heavy atom. The average Bonchev–Trinajstić information content (AvgIpc) is 2.55. The quantitative estimate of drug-likeness (QED) is 0.822. The fraction of sp³-hybridized carbons (Fsp3) is 0.250. The molecule has 0 N–H and O–H groups in total. The highest BCUT2D eigenvalue weighted by Gasteiger charge is 2.24. The maximum atomic E-state index is 12.6. The van der Waals surface area contributed by atoms with Crippen LogP contribution in [0.25, 0.3) is 0 Å². The van der Waals surface area contributed by atoms with Crippen LogP contribution in [0.5, 0.6) is 5.75 Å². The smallest absolute Gasteiger partial charge is 0.303 e. The van der Waals surface area contributed by atoms with E-state index in [2.05, 4.69) is 0 Å². The first-order valence-electron chi connectivity index (χ1n) is 6.83. The summed E-state index contributed by atoms with van der Waals surface area (Å²) in [5, 5.41) is 0. The average molecular weight is 320 g/mol. The van der Waals surface area contributed by atoms with Crippen LogP contribution in [-0.4, -0.2) is 33.9 Å². The molecule has 2 aromatic rings. The van der Waals surface area contributed by atoms with Crippen molar-refractivity contribution in [3.8, 4) is 5.75 Å². The van der Waals surface area contributed by atoms with Crippen molar-refractivity contribution in [1.82, 2.24) is 4.31 Å². The number of anilines is 1. The van der Waals surface area contributed by atoms with Crippen LogP contribution in [0.15, 0.2) is 54.6 Å². The van der Waals surface area contributed by atoms with Crippen molar-refractivity contribution < 1.29 is 13.2 Å². The van der Waals surface area contributed by atoms with E-state index >= 15 is 0 Å². The fourth-order valence-electron chi connectivity index (χ4n) is 2.09. The van der Waals surface area contributed by atoms with Crippen molar-refractivity contribution >= 4 is 15.9 Å². The Morgan fingerprint density at radius 2 is 1.68 bits per heavy atom. The van der Waals surface area contributed by atoms with Crippen molar-refractivity contribution in [1.29, 1.82) is 0 Å². The largest absolute Gasteiger partial charge is 0.497 e. The Morgan fingerprint density at radius 1 is 1.00 bits per heavy atom. The third-order valence-corrected chi connectivity index (χ3v) is 5.22. The van der Waals surface area contributed by atoms with E-state index in [-0.39, 0.29) is 6.54 Å². The van der Waals surface area contributed by atoms with Gasteiger partial charge in [-0.15, -0.1) is 0 Å². The molecule has 0 fully saturated rings. The topological polar surface area (TPSA) is 49.9 Å². The number of methoxy groups -OCH3 is 1. The van der Waals surface area contributed by atoms with E-state index in [0.29, 0.717) is 11.4 Å². The van der Waals surface area contributed by atoms with E-state index in [1.165, 1.54) is 8.61 Å². The van der Waals surface area contributed by atoms with E-state index in [1.54, 1.807) is 33.3 Å². The normalized spacial score (nSPS) is 11.5. The number of rotatable bonds is 6. The Bertz CT molecular complexity index is 717. The summed E-state index contributed by atoms with van der Waals surface area (Å²) in [6.07, 6.45) is 0. The van der Waals surface area contributed by atoms with Gasteiger partial charge in [0.1, 0.15) is 5.75 Å². The highest BCUT2D eigenvalue weighted by atomic mass is 32.2. The van der Waals surface area contributed by atoms with Gasteiger partial charge in [0, 0.05) is 20.6 Å². The summed E-state index contributed by atoms with van der Waals surface area (Å²) in [5.74, 6) is 0.708. The number of ether oxygens (including phenoxy) is 1. The molecule has 0 radical (unpaired) electrons. The van der Waals surface area contributed by atoms with Gasteiger partial charge in [0.05, 0.1) is 12.8 Å². The third-order valence-electron chi connectivity index (χ3n) is 3.40. The molecule has 0 atom stereocenters. The van der Waals surface area contributed by atoms with E-state index < -0.39 is 10.2 Å². The van der Waals surface area contributed by atoms with E-state index in [1.807, 2.05) is 42.5 Å². The van der Waals surface area contributed by atoms with E-state index in [9.17, 15) is 8.42 Å². The SMILES string of the molecule is COc1cccc(CN(C)S(=O)(=O)N(C)c2ccccc2)c1. The van der Waals surface area contributed by atoms with Crippen molar-refractivity contribution in [3.05, 3.63) is 60.2 Å². The van der Waals surface area contributed by atoms with Gasteiger partial charge in [-0.1, -0.05) is 30.3 Å². The van der Waals surface area contributed by atoms with Crippen LogP contribution in [-0.2, 0) is 16.8 Å². The second-order valence-electron chi connectivity index (χ2n) is 4.92. The van der Waals surface area contributed by atoms with Gasteiger partial charge in [-0.3, -0.25) is 4.31 Å². The minimum atomic E-state index is -3.58. The first kappa shape index (κ1) is 16.3. The molecule has 0 aromatic heterocycles. The predicted molar refractivity (Wildman–Crippen MR) is 88.2 cm³/mol. The highest BCUT2D eigenvalue weighted by Crippen LogP contribution is 2.20. The lowest BCUT2D eigenvalue weighted by Gasteiger charge is -2.26. The Labute approximate surface area is 131 Å². The van der Waals surface area contributed by atoms with Gasteiger partial charge in [-0.05, 0) is 29.8 Å². The molecule has 0 aliphatic heterocycles. The molecule has 118 valence electrons. The monoisotopic (exact) mass is 320 g/mol. The molecule has 0 bridgehead atoms.